The summed E-state index contributed by atoms with van der Waals surface area (Å²) in [4.78, 5) is 0. The molecule has 1 aliphatic heterocycles. The summed E-state index contributed by atoms with van der Waals surface area (Å²) in [5.41, 5.74) is 0. The zero-order valence-corrected chi connectivity index (χ0v) is 8.93. The monoisotopic (exact) mass is 206 g/mol. The molecule has 0 atom stereocenters. The van der Waals surface area contributed by atoms with Crippen molar-refractivity contribution in [2.75, 3.05) is 26.7 Å². The highest BCUT2D eigenvalue weighted by Crippen LogP contribution is 2.15. The minimum Gasteiger partial charge on any atom is -0.317 e. The van der Waals surface area contributed by atoms with E-state index < -0.39 is 10.9 Å². The van der Waals surface area contributed by atoms with E-state index >= 15 is 0 Å². The first-order valence-electron chi connectivity index (χ1n) is 4.76. The Labute approximate surface area is 81.4 Å². The van der Waals surface area contributed by atoms with Gasteiger partial charge in [-0.05, 0) is 38.3 Å². The first-order valence-corrected chi connectivity index (χ1v) is 5.89. The average Bonchev–Trinajstić information content (AvgIpc) is 2.15. The number of nitrogens with one attached hydrogen (secondary N) is 1. The van der Waals surface area contributed by atoms with Gasteiger partial charge in [0.05, 0.1) is 0 Å². The lowest BCUT2D eigenvalue weighted by Gasteiger charge is -2.23. The van der Waals surface area contributed by atoms with E-state index in [0.717, 1.165) is 19.5 Å². The van der Waals surface area contributed by atoms with E-state index in [2.05, 4.69) is 5.32 Å². The maximum Gasteiger partial charge on any atom is 0.203 e. The number of hydrogen-bond donors (Lipinski definition) is 2. The smallest absolute Gasteiger partial charge is 0.203 e. The lowest BCUT2D eigenvalue weighted by molar-refractivity contribution is 0.328. The van der Waals surface area contributed by atoms with Gasteiger partial charge in [-0.25, -0.2) is 12.7 Å². The summed E-state index contributed by atoms with van der Waals surface area (Å²) in [5.74, 6) is 0.707. The fourth-order valence-electron chi connectivity index (χ4n) is 1.62. The molecule has 0 aromatic carbocycles. The van der Waals surface area contributed by atoms with Crippen LogP contribution in [0.5, 0.6) is 0 Å². The van der Waals surface area contributed by atoms with Crippen LogP contribution in [0.1, 0.15) is 19.3 Å². The fourth-order valence-corrected chi connectivity index (χ4v) is 1.90. The minimum absolute atomic E-state index is 0.670. The maximum absolute atomic E-state index is 10.5. The lowest BCUT2D eigenvalue weighted by atomic mass is 9.95. The van der Waals surface area contributed by atoms with Crippen molar-refractivity contribution in [2.24, 2.45) is 5.92 Å². The summed E-state index contributed by atoms with van der Waals surface area (Å²) >= 11 is 0. The summed E-state index contributed by atoms with van der Waals surface area (Å²) in [6.07, 6.45) is 3.37. The quantitative estimate of drug-likeness (QED) is 0.628. The Morgan fingerprint density at radius 3 is 2.54 bits per heavy atom. The van der Waals surface area contributed by atoms with Crippen molar-refractivity contribution in [1.82, 2.24) is 9.62 Å². The van der Waals surface area contributed by atoms with Crippen LogP contribution >= 0.6 is 0 Å². The predicted octanol–water partition coefficient (Wildman–Crippen LogP) is -0.166. The molecule has 0 bridgehead atoms. The Balaban J connectivity index is 2.17. The van der Waals surface area contributed by atoms with E-state index in [1.54, 1.807) is 7.05 Å². The molecule has 0 amide bonds. The molecule has 1 heterocycles. The molecule has 0 radical (unpaired) electrons. The van der Waals surface area contributed by atoms with Crippen LogP contribution in [0.4, 0.5) is 0 Å². The van der Waals surface area contributed by atoms with Crippen molar-refractivity contribution < 1.29 is 8.42 Å². The number of nitrogens with zero attached hydrogens (tertiary/aromatic N) is 1. The first-order chi connectivity index (χ1) is 6.20. The second kappa shape index (κ2) is 5.57. The normalized spacial score (nSPS) is 19.9. The molecule has 0 aromatic rings. The number of hydrogen-bond acceptors (Lipinski definition) is 3. The van der Waals surface area contributed by atoms with Crippen LogP contribution in [0.25, 0.3) is 0 Å². The van der Waals surface area contributed by atoms with E-state index in [1.165, 1.54) is 17.1 Å². The zero-order chi connectivity index (χ0) is 9.68. The summed E-state index contributed by atoms with van der Waals surface area (Å²) < 4.78 is 22.4. The molecule has 78 valence electrons. The molecule has 0 unspecified atom stereocenters. The van der Waals surface area contributed by atoms with Crippen molar-refractivity contribution in [1.29, 1.82) is 0 Å². The molecule has 1 saturated heterocycles. The van der Waals surface area contributed by atoms with E-state index in [-0.39, 0.29) is 0 Å². The molecule has 13 heavy (non-hydrogen) atoms. The number of piperidine rings is 1. The van der Waals surface area contributed by atoms with Crippen LogP contribution in [-0.4, -0.2) is 39.4 Å². The molecule has 1 rings (SSSR count). The lowest BCUT2D eigenvalue weighted by Crippen LogP contribution is -2.30. The second-order valence-electron chi connectivity index (χ2n) is 3.60. The summed E-state index contributed by atoms with van der Waals surface area (Å²) in [5, 5.41) is 3.29. The van der Waals surface area contributed by atoms with Crippen LogP contribution in [-0.2, 0) is 10.9 Å². The van der Waals surface area contributed by atoms with Crippen LogP contribution < -0.4 is 5.32 Å². The largest absolute Gasteiger partial charge is 0.317 e. The maximum atomic E-state index is 10.5. The summed E-state index contributed by atoms with van der Waals surface area (Å²) in [6.45, 7) is 2.83. The van der Waals surface area contributed by atoms with Crippen molar-refractivity contribution in [3.8, 4) is 0 Å². The zero-order valence-electron chi connectivity index (χ0n) is 8.03. The van der Waals surface area contributed by atoms with Crippen LogP contribution in [0.2, 0.25) is 0 Å². The van der Waals surface area contributed by atoms with Crippen molar-refractivity contribution in [3.05, 3.63) is 0 Å². The average molecular weight is 206 g/mol. The van der Waals surface area contributed by atoms with Crippen molar-refractivity contribution >= 4 is 10.9 Å². The molecular formula is C8H18N2O2S. The van der Waals surface area contributed by atoms with Gasteiger partial charge in [0.1, 0.15) is 0 Å². The van der Waals surface area contributed by atoms with E-state index in [9.17, 15) is 8.42 Å². The van der Waals surface area contributed by atoms with Gasteiger partial charge in [-0.2, -0.15) is 0 Å². The van der Waals surface area contributed by atoms with Gasteiger partial charge >= 0.3 is 0 Å². The third-order valence-corrected chi connectivity index (χ3v) is 3.36. The molecule has 0 aliphatic carbocycles. The van der Waals surface area contributed by atoms with Gasteiger partial charge in [-0.15, -0.1) is 0 Å². The topological polar surface area (TPSA) is 49.4 Å². The van der Waals surface area contributed by atoms with Crippen LogP contribution in [0.3, 0.4) is 0 Å². The SMILES string of the molecule is CN(CCC1CCNCC1)[SH](=O)=O. The van der Waals surface area contributed by atoms with Gasteiger partial charge in [0.15, 0.2) is 0 Å². The highest BCUT2D eigenvalue weighted by atomic mass is 32.2. The molecule has 1 fully saturated rings. The minimum atomic E-state index is -2.37. The van der Waals surface area contributed by atoms with Crippen LogP contribution in [0.15, 0.2) is 0 Å². The Hall–Kier alpha value is -0.130. The number of rotatable bonds is 4. The Morgan fingerprint density at radius 2 is 2.00 bits per heavy atom. The first kappa shape index (κ1) is 10.9. The van der Waals surface area contributed by atoms with Gasteiger partial charge in [0, 0.05) is 13.6 Å². The highest BCUT2D eigenvalue weighted by molar-refractivity contribution is 7.69. The molecule has 0 aromatic heterocycles. The molecule has 0 saturated carbocycles. The fraction of sp³-hybridized carbons (Fsp3) is 1.00. The van der Waals surface area contributed by atoms with Crippen molar-refractivity contribution in [2.45, 2.75) is 19.3 Å². The van der Waals surface area contributed by atoms with E-state index in [0.29, 0.717) is 12.5 Å². The van der Waals surface area contributed by atoms with Crippen LogP contribution in [0, 0.1) is 5.92 Å². The van der Waals surface area contributed by atoms with Crippen molar-refractivity contribution in [3.63, 3.8) is 0 Å². The van der Waals surface area contributed by atoms with Gasteiger partial charge in [0.2, 0.25) is 10.9 Å². The molecule has 1 aliphatic rings. The standard InChI is InChI=1S/C8H18N2O2S/c1-10(13(11)12)7-4-8-2-5-9-6-3-8/h8-9,13H,2-7H2,1H3. The molecule has 1 N–H and O–H groups in total. The molecule has 5 heteroatoms. The summed E-state index contributed by atoms with van der Waals surface area (Å²) in [7, 11) is -0.739. The molecular weight excluding hydrogens is 188 g/mol. The second-order valence-corrected chi connectivity index (χ2v) is 4.76. The Kier molecular flexibility index (Phi) is 4.69. The van der Waals surface area contributed by atoms with Gasteiger partial charge in [-0.3, -0.25) is 0 Å². The highest BCUT2D eigenvalue weighted by Gasteiger charge is 2.13. The molecule has 4 nitrogen and oxygen atoms in total. The Bertz CT molecular complexity index is 204. The van der Waals surface area contributed by atoms with Gasteiger partial charge in [-0.1, -0.05) is 0 Å². The summed E-state index contributed by atoms with van der Waals surface area (Å²) in [6, 6.07) is 0. The predicted molar refractivity (Wildman–Crippen MR) is 53.2 cm³/mol. The molecule has 0 spiro atoms. The Morgan fingerprint density at radius 1 is 1.38 bits per heavy atom. The third kappa shape index (κ3) is 4.06. The van der Waals surface area contributed by atoms with Gasteiger partial charge < -0.3 is 5.32 Å². The third-order valence-electron chi connectivity index (χ3n) is 2.60. The number of thiol groups is 1. The van der Waals surface area contributed by atoms with Gasteiger partial charge in [0.25, 0.3) is 0 Å². The van der Waals surface area contributed by atoms with E-state index in [1.807, 2.05) is 0 Å². The van der Waals surface area contributed by atoms with E-state index in [4.69, 9.17) is 0 Å².